The molecule has 0 aromatic heterocycles. The first-order chi connectivity index (χ1) is 8.31. The van der Waals surface area contributed by atoms with E-state index in [-0.39, 0.29) is 5.82 Å². The molecule has 0 aliphatic heterocycles. The van der Waals surface area contributed by atoms with E-state index in [1.807, 2.05) is 22.6 Å². The SMILES string of the molecule is CC(C)CN(CC(C)C)c1cc(F)c(I)cc1N. The third kappa shape index (κ3) is 4.30. The summed E-state index contributed by atoms with van der Waals surface area (Å²) in [4.78, 5) is 2.18. The van der Waals surface area contributed by atoms with E-state index in [0.29, 0.717) is 21.1 Å². The molecule has 2 N–H and O–H groups in total. The Morgan fingerprint density at radius 3 is 2.11 bits per heavy atom. The summed E-state index contributed by atoms with van der Waals surface area (Å²) in [5.74, 6) is 0.841. The van der Waals surface area contributed by atoms with Gasteiger partial charge in [0.15, 0.2) is 0 Å². The smallest absolute Gasteiger partial charge is 0.138 e. The second kappa shape index (κ2) is 6.59. The van der Waals surface area contributed by atoms with E-state index >= 15 is 0 Å². The normalized spacial score (nSPS) is 11.3. The maximum atomic E-state index is 13.7. The van der Waals surface area contributed by atoms with Crippen molar-refractivity contribution in [2.24, 2.45) is 11.8 Å². The van der Waals surface area contributed by atoms with E-state index in [1.54, 1.807) is 12.1 Å². The number of anilines is 2. The largest absolute Gasteiger partial charge is 0.397 e. The molecule has 0 atom stereocenters. The lowest BCUT2D eigenvalue weighted by atomic mass is 10.1. The van der Waals surface area contributed by atoms with Gasteiger partial charge in [0.1, 0.15) is 5.82 Å². The molecule has 0 saturated heterocycles. The monoisotopic (exact) mass is 364 g/mol. The molecule has 0 amide bonds. The Balaban J connectivity index is 3.07. The zero-order chi connectivity index (χ0) is 13.9. The number of hydrogen-bond donors (Lipinski definition) is 1. The van der Waals surface area contributed by atoms with Crippen molar-refractivity contribution in [3.63, 3.8) is 0 Å². The van der Waals surface area contributed by atoms with Gasteiger partial charge in [-0.15, -0.1) is 0 Å². The highest BCUT2D eigenvalue weighted by Gasteiger charge is 2.15. The number of nitrogens with two attached hydrogens (primary N) is 1. The van der Waals surface area contributed by atoms with Crippen LogP contribution < -0.4 is 10.6 Å². The number of rotatable bonds is 5. The molecule has 0 saturated carbocycles. The topological polar surface area (TPSA) is 29.3 Å². The summed E-state index contributed by atoms with van der Waals surface area (Å²) in [5.41, 5.74) is 7.50. The van der Waals surface area contributed by atoms with Crippen LogP contribution in [0.1, 0.15) is 27.7 Å². The van der Waals surface area contributed by atoms with Crippen LogP contribution in [-0.4, -0.2) is 13.1 Å². The molecule has 0 fully saturated rings. The van der Waals surface area contributed by atoms with Gasteiger partial charge in [-0.2, -0.15) is 0 Å². The van der Waals surface area contributed by atoms with E-state index < -0.39 is 0 Å². The zero-order valence-electron chi connectivity index (χ0n) is 11.5. The lowest BCUT2D eigenvalue weighted by Crippen LogP contribution is -2.32. The fourth-order valence-electron chi connectivity index (χ4n) is 1.98. The van der Waals surface area contributed by atoms with Gasteiger partial charge < -0.3 is 10.6 Å². The van der Waals surface area contributed by atoms with Crippen LogP contribution in [0, 0.1) is 21.2 Å². The molecule has 0 aliphatic rings. The molecule has 1 rings (SSSR count). The minimum absolute atomic E-state index is 0.197. The average Bonchev–Trinajstić information content (AvgIpc) is 2.21. The third-order valence-electron chi connectivity index (χ3n) is 2.58. The number of hydrogen-bond acceptors (Lipinski definition) is 2. The van der Waals surface area contributed by atoms with E-state index in [1.165, 1.54) is 0 Å². The van der Waals surface area contributed by atoms with Crippen molar-refractivity contribution in [3.8, 4) is 0 Å². The quantitative estimate of drug-likeness (QED) is 0.629. The summed E-state index contributed by atoms with van der Waals surface area (Å²) in [6.45, 7) is 10.4. The van der Waals surface area contributed by atoms with Gasteiger partial charge in [-0.3, -0.25) is 0 Å². The molecule has 0 heterocycles. The van der Waals surface area contributed by atoms with Crippen molar-refractivity contribution in [1.82, 2.24) is 0 Å². The Bertz CT molecular complexity index is 395. The standard InChI is InChI=1S/C14H22FIN2/c1-9(2)7-18(8-10(3)4)14-5-11(15)12(16)6-13(14)17/h5-6,9-10H,7-8,17H2,1-4H3. The number of nitrogens with zero attached hydrogens (tertiary/aromatic N) is 1. The van der Waals surface area contributed by atoms with Gasteiger partial charge in [0.05, 0.1) is 14.9 Å². The molecule has 0 unspecified atom stereocenters. The molecule has 102 valence electrons. The second-order valence-corrected chi connectivity index (χ2v) is 6.68. The van der Waals surface area contributed by atoms with Crippen LogP contribution in [0.4, 0.5) is 15.8 Å². The van der Waals surface area contributed by atoms with Crippen LogP contribution in [0.15, 0.2) is 12.1 Å². The molecule has 4 heteroatoms. The van der Waals surface area contributed by atoms with Crippen molar-refractivity contribution >= 4 is 34.0 Å². The minimum atomic E-state index is -0.197. The second-order valence-electron chi connectivity index (χ2n) is 5.52. The van der Waals surface area contributed by atoms with Crippen LogP contribution in [0.25, 0.3) is 0 Å². The summed E-state index contributed by atoms with van der Waals surface area (Å²) in [7, 11) is 0. The van der Waals surface area contributed by atoms with Crippen LogP contribution in [0.5, 0.6) is 0 Å². The highest BCUT2D eigenvalue weighted by atomic mass is 127. The fourth-order valence-corrected chi connectivity index (χ4v) is 2.47. The summed E-state index contributed by atoms with van der Waals surface area (Å²) >= 11 is 1.97. The molecule has 1 aromatic carbocycles. The predicted molar refractivity (Wildman–Crippen MR) is 85.4 cm³/mol. The maximum Gasteiger partial charge on any atom is 0.138 e. The lowest BCUT2D eigenvalue weighted by Gasteiger charge is -2.29. The van der Waals surface area contributed by atoms with Crippen LogP contribution in [0.2, 0.25) is 0 Å². The molecular formula is C14H22FIN2. The van der Waals surface area contributed by atoms with Crippen molar-refractivity contribution in [1.29, 1.82) is 0 Å². The van der Waals surface area contributed by atoms with Crippen LogP contribution >= 0.6 is 22.6 Å². The van der Waals surface area contributed by atoms with Crippen molar-refractivity contribution < 1.29 is 4.39 Å². The van der Waals surface area contributed by atoms with E-state index in [0.717, 1.165) is 18.8 Å². The van der Waals surface area contributed by atoms with E-state index in [4.69, 9.17) is 5.73 Å². The summed E-state index contributed by atoms with van der Waals surface area (Å²) in [6, 6.07) is 3.26. The highest BCUT2D eigenvalue weighted by Crippen LogP contribution is 2.28. The molecule has 0 radical (unpaired) electrons. The summed E-state index contributed by atoms with van der Waals surface area (Å²) in [5, 5.41) is 0. The lowest BCUT2D eigenvalue weighted by molar-refractivity contribution is 0.550. The summed E-state index contributed by atoms with van der Waals surface area (Å²) in [6.07, 6.45) is 0. The third-order valence-corrected chi connectivity index (χ3v) is 3.41. The van der Waals surface area contributed by atoms with Gasteiger partial charge in [-0.05, 0) is 40.5 Å². The van der Waals surface area contributed by atoms with Gasteiger partial charge in [-0.25, -0.2) is 4.39 Å². The Morgan fingerprint density at radius 1 is 1.17 bits per heavy atom. The van der Waals surface area contributed by atoms with E-state index in [2.05, 4.69) is 32.6 Å². The van der Waals surface area contributed by atoms with Gasteiger partial charge in [0, 0.05) is 19.2 Å². The Hall–Kier alpha value is -0.520. The van der Waals surface area contributed by atoms with Gasteiger partial charge in [-0.1, -0.05) is 27.7 Å². The Labute approximate surface area is 123 Å². The Morgan fingerprint density at radius 2 is 1.67 bits per heavy atom. The van der Waals surface area contributed by atoms with Gasteiger partial charge in [0.2, 0.25) is 0 Å². The number of halogens is 2. The molecule has 2 nitrogen and oxygen atoms in total. The molecule has 0 spiro atoms. The maximum absolute atomic E-state index is 13.7. The number of benzene rings is 1. The van der Waals surface area contributed by atoms with Gasteiger partial charge in [0.25, 0.3) is 0 Å². The molecule has 0 aliphatic carbocycles. The summed E-state index contributed by atoms with van der Waals surface area (Å²) < 4.78 is 14.3. The highest BCUT2D eigenvalue weighted by molar-refractivity contribution is 14.1. The van der Waals surface area contributed by atoms with Crippen molar-refractivity contribution in [3.05, 3.63) is 21.5 Å². The zero-order valence-corrected chi connectivity index (χ0v) is 13.7. The Kier molecular flexibility index (Phi) is 5.69. The molecule has 0 bridgehead atoms. The first kappa shape index (κ1) is 15.5. The molecular weight excluding hydrogens is 342 g/mol. The van der Waals surface area contributed by atoms with Crippen LogP contribution in [-0.2, 0) is 0 Å². The minimum Gasteiger partial charge on any atom is -0.397 e. The first-order valence-corrected chi connectivity index (χ1v) is 7.38. The molecule has 1 aromatic rings. The van der Waals surface area contributed by atoms with Crippen LogP contribution in [0.3, 0.4) is 0 Å². The first-order valence-electron chi connectivity index (χ1n) is 6.30. The van der Waals surface area contributed by atoms with Gasteiger partial charge >= 0.3 is 0 Å². The van der Waals surface area contributed by atoms with Crippen molar-refractivity contribution in [2.75, 3.05) is 23.7 Å². The number of nitrogen functional groups attached to an aromatic ring is 1. The van der Waals surface area contributed by atoms with E-state index in [9.17, 15) is 4.39 Å². The van der Waals surface area contributed by atoms with Crippen molar-refractivity contribution in [2.45, 2.75) is 27.7 Å². The predicted octanol–water partition coefficient (Wildman–Crippen LogP) is 4.13. The molecule has 18 heavy (non-hydrogen) atoms. The average molecular weight is 364 g/mol. The fraction of sp³-hybridized carbons (Fsp3) is 0.571.